The summed E-state index contributed by atoms with van der Waals surface area (Å²) in [6, 6.07) is 6.86. The van der Waals surface area contributed by atoms with Crippen molar-refractivity contribution >= 4 is 21.6 Å². The van der Waals surface area contributed by atoms with Crippen molar-refractivity contribution in [3.8, 4) is 0 Å². The predicted molar refractivity (Wildman–Crippen MR) is 107 cm³/mol. The summed E-state index contributed by atoms with van der Waals surface area (Å²) in [5.74, 6) is -0.00587. The van der Waals surface area contributed by atoms with Crippen LogP contribution in [-0.2, 0) is 14.8 Å². The highest BCUT2D eigenvalue weighted by Gasteiger charge is 2.26. The van der Waals surface area contributed by atoms with E-state index in [1.54, 1.807) is 24.3 Å². The monoisotopic (exact) mass is 394 g/mol. The first-order valence-electron chi connectivity index (χ1n) is 10.1. The molecule has 0 aromatic heterocycles. The highest BCUT2D eigenvalue weighted by molar-refractivity contribution is 7.92. The minimum absolute atomic E-state index is 0.171. The Bertz CT molecular complexity index is 729. The number of sulfonamides is 1. The largest absolute Gasteiger partial charge is 0.378 e. The lowest BCUT2D eigenvalue weighted by molar-refractivity contribution is 0.0273. The molecule has 0 atom stereocenters. The third-order valence-electron chi connectivity index (χ3n) is 5.26. The highest BCUT2D eigenvalue weighted by atomic mass is 32.2. The SMILES string of the molecule is O=C(NCCCOC1CCCCC1)c1cccc(N2CCCCS2(=O)=O)c1. The molecule has 2 aliphatic rings. The van der Waals surface area contributed by atoms with Crippen molar-refractivity contribution in [2.45, 2.75) is 57.5 Å². The fourth-order valence-corrected chi connectivity index (χ4v) is 5.37. The number of anilines is 1. The van der Waals surface area contributed by atoms with E-state index in [2.05, 4.69) is 5.32 Å². The minimum Gasteiger partial charge on any atom is -0.378 e. The van der Waals surface area contributed by atoms with Crippen molar-refractivity contribution in [3.63, 3.8) is 0 Å². The van der Waals surface area contributed by atoms with Gasteiger partial charge in [-0.1, -0.05) is 25.3 Å². The van der Waals surface area contributed by atoms with Gasteiger partial charge in [-0.2, -0.15) is 0 Å². The Balaban J connectivity index is 1.47. The molecule has 0 unspecified atom stereocenters. The van der Waals surface area contributed by atoms with Gasteiger partial charge >= 0.3 is 0 Å². The van der Waals surface area contributed by atoms with Gasteiger partial charge in [0.25, 0.3) is 5.91 Å². The molecule has 7 heteroatoms. The van der Waals surface area contributed by atoms with E-state index in [0.717, 1.165) is 25.7 Å². The van der Waals surface area contributed by atoms with Crippen LogP contribution in [0, 0.1) is 0 Å². The maximum absolute atomic E-state index is 12.4. The molecule has 2 fully saturated rings. The fourth-order valence-electron chi connectivity index (χ4n) is 3.74. The van der Waals surface area contributed by atoms with Gasteiger partial charge in [-0.15, -0.1) is 0 Å². The Morgan fingerprint density at radius 3 is 2.74 bits per heavy atom. The molecule has 1 N–H and O–H groups in total. The zero-order valence-electron chi connectivity index (χ0n) is 15.9. The predicted octanol–water partition coefficient (Wildman–Crippen LogP) is 3.09. The Morgan fingerprint density at radius 2 is 1.96 bits per heavy atom. The molecule has 3 rings (SSSR count). The summed E-state index contributed by atoms with van der Waals surface area (Å²) in [5.41, 5.74) is 1.06. The molecule has 150 valence electrons. The van der Waals surface area contributed by atoms with Crippen molar-refractivity contribution in [2.75, 3.05) is 29.8 Å². The molecule has 0 radical (unpaired) electrons. The Hall–Kier alpha value is -1.60. The number of rotatable bonds is 7. The van der Waals surface area contributed by atoms with Crippen LogP contribution in [0.2, 0.25) is 0 Å². The highest BCUT2D eigenvalue weighted by Crippen LogP contribution is 2.24. The van der Waals surface area contributed by atoms with Crippen LogP contribution in [0.4, 0.5) is 5.69 Å². The normalized spacial score (nSPS) is 20.4. The number of hydrogen-bond donors (Lipinski definition) is 1. The second-order valence-corrected chi connectivity index (χ2v) is 9.40. The first-order valence-corrected chi connectivity index (χ1v) is 11.7. The number of carbonyl (C=O) groups is 1. The summed E-state index contributed by atoms with van der Waals surface area (Å²) in [5, 5.41) is 2.90. The maximum Gasteiger partial charge on any atom is 0.251 e. The Kier molecular flexibility index (Phi) is 7.13. The average molecular weight is 395 g/mol. The van der Waals surface area contributed by atoms with Crippen molar-refractivity contribution in [1.29, 1.82) is 0 Å². The van der Waals surface area contributed by atoms with Gasteiger partial charge in [0, 0.05) is 25.3 Å². The van der Waals surface area contributed by atoms with Crippen molar-refractivity contribution in [2.24, 2.45) is 0 Å². The van der Waals surface area contributed by atoms with Gasteiger partial charge in [0.1, 0.15) is 0 Å². The van der Waals surface area contributed by atoms with E-state index >= 15 is 0 Å². The van der Waals surface area contributed by atoms with Crippen LogP contribution in [0.3, 0.4) is 0 Å². The van der Waals surface area contributed by atoms with Gasteiger partial charge in [0.15, 0.2) is 0 Å². The maximum atomic E-state index is 12.4. The summed E-state index contributed by atoms with van der Waals surface area (Å²) in [6.45, 7) is 1.70. The summed E-state index contributed by atoms with van der Waals surface area (Å²) in [6.07, 6.45) is 8.83. The van der Waals surface area contributed by atoms with Crippen LogP contribution >= 0.6 is 0 Å². The van der Waals surface area contributed by atoms with E-state index in [0.29, 0.717) is 43.5 Å². The molecule has 0 bridgehead atoms. The molecule has 1 saturated heterocycles. The van der Waals surface area contributed by atoms with Crippen molar-refractivity contribution in [1.82, 2.24) is 5.32 Å². The zero-order valence-corrected chi connectivity index (χ0v) is 16.7. The number of benzene rings is 1. The smallest absolute Gasteiger partial charge is 0.251 e. The second kappa shape index (κ2) is 9.55. The van der Waals surface area contributed by atoms with Crippen LogP contribution in [0.25, 0.3) is 0 Å². The van der Waals surface area contributed by atoms with Crippen LogP contribution in [0.1, 0.15) is 61.7 Å². The summed E-state index contributed by atoms with van der Waals surface area (Å²) in [7, 11) is -3.27. The molecule has 1 saturated carbocycles. The molecule has 27 heavy (non-hydrogen) atoms. The first-order chi connectivity index (χ1) is 13.1. The molecule has 6 nitrogen and oxygen atoms in total. The van der Waals surface area contributed by atoms with Crippen molar-refractivity contribution in [3.05, 3.63) is 29.8 Å². The lowest BCUT2D eigenvalue weighted by Gasteiger charge is -2.28. The van der Waals surface area contributed by atoms with Gasteiger partial charge in [-0.25, -0.2) is 8.42 Å². The Morgan fingerprint density at radius 1 is 1.15 bits per heavy atom. The van der Waals surface area contributed by atoms with E-state index in [-0.39, 0.29) is 11.7 Å². The van der Waals surface area contributed by atoms with Gasteiger partial charge in [-0.3, -0.25) is 9.10 Å². The summed E-state index contributed by atoms with van der Waals surface area (Å²) < 4.78 is 31.8. The van der Waals surface area contributed by atoms with Crippen LogP contribution in [0.5, 0.6) is 0 Å². The molecule has 1 aliphatic heterocycles. The number of carbonyl (C=O) groups excluding carboxylic acids is 1. The van der Waals surface area contributed by atoms with E-state index in [9.17, 15) is 13.2 Å². The fraction of sp³-hybridized carbons (Fsp3) is 0.650. The molecule has 1 heterocycles. The van der Waals surface area contributed by atoms with E-state index < -0.39 is 10.0 Å². The molecular formula is C20H30N2O4S. The number of hydrogen-bond acceptors (Lipinski definition) is 4. The van der Waals surface area contributed by atoms with Crippen LogP contribution < -0.4 is 9.62 Å². The molecule has 0 spiro atoms. The number of amides is 1. The molecule has 1 aromatic rings. The van der Waals surface area contributed by atoms with Crippen LogP contribution in [-0.4, -0.2) is 45.9 Å². The van der Waals surface area contributed by atoms with Crippen molar-refractivity contribution < 1.29 is 17.9 Å². The second-order valence-electron chi connectivity index (χ2n) is 7.39. The first kappa shape index (κ1) is 20.1. The lowest BCUT2D eigenvalue weighted by atomic mass is 9.98. The standard InChI is InChI=1S/C20H30N2O4S/c23-20(21-12-7-14-26-19-10-2-1-3-11-19)17-8-6-9-18(16-17)22-13-4-5-15-27(22,24)25/h6,8-9,16,19H,1-5,7,10-15H2,(H,21,23). The summed E-state index contributed by atoms with van der Waals surface area (Å²) in [4.78, 5) is 12.4. The average Bonchev–Trinajstić information content (AvgIpc) is 2.68. The topological polar surface area (TPSA) is 75.7 Å². The van der Waals surface area contributed by atoms with E-state index in [4.69, 9.17) is 4.74 Å². The van der Waals surface area contributed by atoms with E-state index in [1.807, 2.05) is 0 Å². The minimum atomic E-state index is -3.27. The number of nitrogens with zero attached hydrogens (tertiary/aromatic N) is 1. The molecule has 1 aliphatic carbocycles. The van der Waals surface area contributed by atoms with Gasteiger partial charge in [0.2, 0.25) is 10.0 Å². The van der Waals surface area contributed by atoms with Gasteiger partial charge in [-0.05, 0) is 50.3 Å². The van der Waals surface area contributed by atoms with Gasteiger partial charge < -0.3 is 10.1 Å². The third-order valence-corrected chi connectivity index (χ3v) is 7.13. The molecule has 1 aromatic carbocycles. The zero-order chi connectivity index (χ0) is 19.1. The summed E-state index contributed by atoms with van der Waals surface area (Å²) >= 11 is 0. The number of ether oxygens (including phenoxy) is 1. The Labute approximate surface area is 162 Å². The molecule has 1 amide bonds. The number of nitrogens with one attached hydrogen (secondary N) is 1. The molecular weight excluding hydrogens is 364 g/mol. The van der Waals surface area contributed by atoms with Crippen LogP contribution in [0.15, 0.2) is 24.3 Å². The van der Waals surface area contributed by atoms with Gasteiger partial charge in [0.05, 0.1) is 17.5 Å². The third kappa shape index (κ3) is 5.69. The lowest BCUT2D eigenvalue weighted by Crippen LogP contribution is -2.38. The quantitative estimate of drug-likeness (QED) is 0.721. The van der Waals surface area contributed by atoms with E-state index in [1.165, 1.54) is 23.6 Å².